The summed E-state index contributed by atoms with van der Waals surface area (Å²) in [6, 6.07) is 13.8. The van der Waals surface area contributed by atoms with Crippen LogP contribution in [0, 0.1) is 0 Å². The van der Waals surface area contributed by atoms with Crippen molar-refractivity contribution in [3.05, 3.63) is 65.2 Å². The molecule has 0 aromatic heterocycles. The van der Waals surface area contributed by atoms with Crippen LogP contribution in [0.25, 0.3) is 0 Å². The first-order valence-electron chi connectivity index (χ1n) is 5.76. The number of hydrogen-bond donors (Lipinski definition) is 1. The maximum absolute atomic E-state index is 10.9. The van der Waals surface area contributed by atoms with E-state index in [1.54, 1.807) is 48.5 Å². The number of rotatable bonds is 5. The molecule has 1 amide bonds. The van der Waals surface area contributed by atoms with Gasteiger partial charge in [0.1, 0.15) is 12.4 Å². The normalized spacial score (nSPS) is 9.89. The highest BCUT2D eigenvalue weighted by Crippen LogP contribution is 2.17. The monoisotopic (exact) mass is 255 g/mol. The van der Waals surface area contributed by atoms with Crippen LogP contribution in [0.15, 0.2) is 48.5 Å². The van der Waals surface area contributed by atoms with Crippen molar-refractivity contribution in [2.45, 2.75) is 6.61 Å². The summed E-state index contributed by atoms with van der Waals surface area (Å²) in [6.07, 6.45) is 0.755. The highest BCUT2D eigenvalue weighted by atomic mass is 16.5. The molecule has 2 rings (SSSR count). The number of hydrogen-bond acceptors (Lipinski definition) is 3. The van der Waals surface area contributed by atoms with E-state index < -0.39 is 5.91 Å². The molecule has 0 aliphatic heterocycles. The van der Waals surface area contributed by atoms with Gasteiger partial charge < -0.3 is 10.5 Å². The second-order valence-corrected chi connectivity index (χ2v) is 4.01. The summed E-state index contributed by atoms with van der Waals surface area (Å²) in [5.41, 5.74) is 7.02. The first-order chi connectivity index (χ1) is 9.20. The Morgan fingerprint density at radius 2 is 1.79 bits per heavy atom. The fourth-order valence-electron chi connectivity index (χ4n) is 1.64. The van der Waals surface area contributed by atoms with E-state index in [-0.39, 0.29) is 0 Å². The Balaban J connectivity index is 2.06. The summed E-state index contributed by atoms with van der Waals surface area (Å²) in [7, 11) is 0. The molecule has 2 aromatic rings. The molecule has 2 N–H and O–H groups in total. The molecule has 19 heavy (non-hydrogen) atoms. The molecule has 0 saturated carbocycles. The van der Waals surface area contributed by atoms with Gasteiger partial charge in [-0.3, -0.25) is 9.59 Å². The molecule has 2 aromatic carbocycles. The number of carbonyl (C=O) groups excluding carboxylic acids is 2. The maximum Gasteiger partial charge on any atom is 0.248 e. The van der Waals surface area contributed by atoms with E-state index in [2.05, 4.69) is 0 Å². The number of ether oxygens (including phenoxy) is 1. The molecular formula is C15H13NO3. The third-order valence-corrected chi connectivity index (χ3v) is 2.68. The molecule has 0 saturated heterocycles. The largest absolute Gasteiger partial charge is 0.488 e. The van der Waals surface area contributed by atoms with Crippen LogP contribution >= 0.6 is 0 Å². The third kappa shape index (κ3) is 3.19. The molecule has 0 aliphatic carbocycles. The van der Waals surface area contributed by atoms with Gasteiger partial charge in [-0.05, 0) is 29.8 Å². The summed E-state index contributed by atoms with van der Waals surface area (Å²) in [5.74, 6) is 0.0789. The van der Waals surface area contributed by atoms with E-state index in [0.29, 0.717) is 23.5 Å². The van der Waals surface area contributed by atoms with Gasteiger partial charge in [0, 0.05) is 5.56 Å². The lowest BCUT2D eigenvalue weighted by Gasteiger charge is -2.08. The van der Waals surface area contributed by atoms with Gasteiger partial charge in [-0.15, -0.1) is 0 Å². The second kappa shape index (κ2) is 5.82. The number of benzene rings is 2. The van der Waals surface area contributed by atoms with Crippen LogP contribution in [0.2, 0.25) is 0 Å². The van der Waals surface area contributed by atoms with Crippen LogP contribution in [0.5, 0.6) is 5.75 Å². The van der Waals surface area contributed by atoms with Crippen molar-refractivity contribution in [3.63, 3.8) is 0 Å². The lowest BCUT2D eigenvalue weighted by atomic mass is 10.1. The zero-order valence-corrected chi connectivity index (χ0v) is 10.2. The molecular weight excluding hydrogens is 242 g/mol. The van der Waals surface area contributed by atoms with Crippen molar-refractivity contribution < 1.29 is 14.3 Å². The van der Waals surface area contributed by atoms with Gasteiger partial charge in [-0.25, -0.2) is 0 Å². The number of primary amides is 1. The third-order valence-electron chi connectivity index (χ3n) is 2.68. The van der Waals surface area contributed by atoms with Crippen molar-refractivity contribution in [1.82, 2.24) is 0 Å². The average molecular weight is 255 g/mol. The summed E-state index contributed by atoms with van der Waals surface area (Å²) >= 11 is 0. The van der Waals surface area contributed by atoms with Gasteiger partial charge in [0.15, 0.2) is 6.29 Å². The SMILES string of the molecule is NC(=O)c1ccc(COc2ccccc2C=O)cc1. The van der Waals surface area contributed by atoms with Crippen molar-refractivity contribution in [3.8, 4) is 5.75 Å². The van der Waals surface area contributed by atoms with E-state index in [1.807, 2.05) is 0 Å². The van der Waals surface area contributed by atoms with Crippen molar-refractivity contribution in [1.29, 1.82) is 0 Å². The number of carbonyl (C=O) groups is 2. The minimum atomic E-state index is -0.459. The minimum absolute atomic E-state index is 0.323. The Morgan fingerprint density at radius 1 is 1.11 bits per heavy atom. The molecule has 0 heterocycles. The Kier molecular flexibility index (Phi) is 3.93. The average Bonchev–Trinajstić information content (AvgIpc) is 2.45. The van der Waals surface area contributed by atoms with Gasteiger partial charge in [0.05, 0.1) is 5.56 Å². The van der Waals surface area contributed by atoms with Crippen LogP contribution in [-0.4, -0.2) is 12.2 Å². The molecule has 96 valence electrons. The molecule has 0 bridgehead atoms. The quantitative estimate of drug-likeness (QED) is 0.832. The predicted octanol–water partition coefficient (Wildman–Crippen LogP) is 2.18. The first kappa shape index (κ1) is 12.8. The lowest BCUT2D eigenvalue weighted by molar-refractivity contribution is 0.0999. The smallest absolute Gasteiger partial charge is 0.248 e. The fourth-order valence-corrected chi connectivity index (χ4v) is 1.64. The lowest BCUT2D eigenvalue weighted by Crippen LogP contribution is -2.10. The Hall–Kier alpha value is -2.62. The highest BCUT2D eigenvalue weighted by Gasteiger charge is 2.03. The van der Waals surface area contributed by atoms with E-state index in [1.165, 1.54) is 0 Å². The summed E-state index contributed by atoms with van der Waals surface area (Å²) in [6.45, 7) is 0.323. The highest BCUT2D eigenvalue weighted by molar-refractivity contribution is 5.92. The number of para-hydroxylation sites is 1. The Morgan fingerprint density at radius 3 is 2.42 bits per heavy atom. The van der Waals surface area contributed by atoms with Crippen molar-refractivity contribution in [2.24, 2.45) is 5.73 Å². The van der Waals surface area contributed by atoms with Crippen molar-refractivity contribution in [2.75, 3.05) is 0 Å². The first-order valence-corrected chi connectivity index (χ1v) is 5.76. The molecule has 0 aliphatic rings. The Labute approximate surface area is 110 Å². The van der Waals surface area contributed by atoms with Crippen molar-refractivity contribution >= 4 is 12.2 Å². The standard InChI is InChI=1S/C15H13NO3/c16-15(18)12-7-5-11(6-8-12)10-19-14-4-2-1-3-13(14)9-17/h1-9H,10H2,(H2,16,18). The van der Waals surface area contributed by atoms with Gasteiger partial charge in [-0.1, -0.05) is 24.3 Å². The molecule has 4 nitrogen and oxygen atoms in total. The molecule has 0 atom stereocenters. The predicted molar refractivity (Wildman–Crippen MR) is 71.1 cm³/mol. The second-order valence-electron chi connectivity index (χ2n) is 4.01. The minimum Gasteiger partial charge on any atom is -0.488 e. The van der Waals surface area contributed by atoms with E-state index in [4.69, 9.17) is 10.5 Å². The number of nitrogens with two attached hydrogens (primary N) is 1. The van der Waals surface area contributed by atoms with Crippen LogP contribution in [0.3, 0.4) is 0 Å². The summed E-state index contributed by atoms with van der Waals surface area (Å²) in [5, 5.41) is 0. The fraction of sp³-hybridized carbons (Fsp3) is 0.0667. The molecule has 0 radical (unpaired) electrons. The topological polar surface area (TPSA) is 69.4 Å². The molecule has 0 unspecified atom stereocenters. The van der Waals surface area contributed by atoms with E-state index in [0.717, 1.165) is 11.8 Å². The summed E-state index contributed by atoms with van der Waals surface area (Å²) in [4.78, 5) is 21.8. The van der Waals surface area contributed by atoms with Crippen LogP contribution in [0.4, 0.5) is 0 Å². The van der Waals surface area contributed by atoms with Crippen LogP contribution < -0.4 is 10.5 Å². The zero-order chi connectivity index (χ0) is 13.7. The van der Waals surface area contributed by atoms with E-state index in [9.17, 15) is 9.59 Å². The molecule has 0 fully saturated rings. The number of amides is 1. The van der Waals surface area contributed by atoms with Gasteiger partial charge in [-0.2, -0.15) is 0 Å². The van der Waals surface area contributed by atoms with Gasteiger partial charge in [0.2, 0.25) is 5.91 Å². The van der Waals surface area contributed by atoms with Crippen LogP contribution in [0.1, 0.15) is 26.3 Å². The van der Waals surface area contributed by atoms with E-state index >= 15 is 0 Å². The zero-order valence-electron chi connectivity index (χ0n) is 10.2. The summed E-state index contributed by atoms with van der Waals surface area (Å²) < 4.78 is 5.57. The Bertz CT molecular complexity index is 591. The molecule has 4 heteroatoms. The number of aldehydes is 1. The maximum atomic E-state index is 10.9. The van der Waals surface area contributed by atoms with Gasteiger partial charge in [0.25, 0.3) is 0 Å². The molecule has 0 spiro atoms. The van der Waals surface area contributed by atoms with Crippen LogP contribution in [-0.2, 0) is 6.61 Å². The van der Waals surface area contributed by atoms with Gasteiger partial charge >= 0.3 is 0 Å².